The second-order valence-corrected chi connectivity index (χ2v) is 7.44. The minimum Gasteiger partial charge on any atom is -0.444 e. The Bertz CT molecular complexity index is 648. The maximum Gasteiger partial charge on any atom is 0.410 e. The van der Waals surface area contributed by atoms with Crippen molar-refractivity contribution >= 4 is 11.9 Å². The molecule has 6 nitrogen and oxygen atoms in total. The van der Waals surface area contributed by atoms with Crippen LogP contribution in [-0.4, -0.2) is 46.8 Å². The molecule has 24 heavy (non-hydrogen) atoms. The second-order valence-electron chi connectivity index (χ2n) is 7.44. The van der Waals surface area contributed by atoms with Crippen molar-refractivity contribution in [3.8, 4) is 6.07 Å². The third kappa shape index (κ3) is 3.97. The number of nitriles is 1. The maximum absolute atomic E-state index is 12.4. The largest absolute Gasteiger partial charge is 0.444 e. The van der Waals surface area contributed by atoms with Crippen LogP contribution in [0.4, 0.5) is 10.6 Å². The summed E-state index contributed by atoms with van der Waals surface area (Å²) in [5.41, 5.74) is 0.811. The number of carbonyl (C=O) groups excluding carboxylic acids is 1. The molecule has 6 heteroatoms. The zero-order valence-corrected chi connectivity index (χ0v) is 15.3. The van der Waals surface area contributed by atoms with E-state index in [0.29, 0.717) is 18.8 Å². The van der Waals surface area contributed by atoms with Crippen molar-refractivity contribution in [3.63, 3.8) is 0 Å². The molecule has 130 valence electrons. The minimum atomic E-state index is -0.506. The van der Waals surface area contributed by atoms with E-state index in [1.54, 1.807) is 4.90 Å². The zero-order chi connectivity index (χ0) is 18.1. The molecule has 0 aromatic carbocycles. The fraction of sp³-hybridized carbons (Fsp3) is 0.611. The van der Waals surface area contributed by atoms with E-state index in [2.05, 4.69) is 16.0 Å². The SMILES string of the molecule is Cc1ccc(N2CC(C)N(C(=O)OC(C)(C)C)C(C)C2)nc1C#N. The molecular weight excluding hydrogens is 304 g/mol. The van der Waals surface area contributed by atoms with Crippen LogP contribution in [-0.2, 0) is 4.74 Å². The van der Waals surface area contributed by atoms with Gasteiger partial charge in [-0.2, -0.15) is 5.26 Å². The molecule has 1 aromatic rings. The van der Waals surface area contributed by atoms with E-state index >= 15 is 0 Å². The molecule has 0 bridgehead atoms. The zero-order valence-electron chi connectivity index (χ0n) is 15.3. The highest BCUT2D eigenvalue weighted by molar-refractivity contribution is 5.69. The summed E-state index contributed by atoms with van der Waals surface area (Å²) >= 11 is 0. The van der Waals surface area contributed by atoms with E-state index in [1.807, 2.05) is 53.7 Å². The van der Waals surface area contributed by atoms with Gasteiger partial charge in [-0.3, -0.25) is 4.90 Å². The second kappa shape index (κ2) is 6.68. The summed E-state index contributed by atoms with van der Waals surface area (Å²) in [6.07, 6.45) is -0.281. The predicted octanol–water partition coefficient (Wildman–Crippen LogP) is 3.10. The third-order valence-electron chi connectivity index (χ3n) is 4.04. The monoisotopic (exact) mass is 330 g/mol. The summed E-state index contributed by atoms with van der Waals surface area (Å²) in [7, 11) is 0. The van der Waals surface area contributed by atoms with Gasteiger partial charge in [0.2, 0.25) is 0 Å². The van der Waals surface area contributed by atoms with Crippen molar-refractivity contribution in [2.24, 2.45) is 0 Å². The topological polar surface area (TPSA) is 69.5 Å². The lowest BCUT2D eigenvalue weighted by Crippen LogP contribution is -2.59. The van der Waals surface area contributed by atoms with Gasteiger partial charge in [-0.25, -0.2) is 9.78 Å². The molecule has 1 aliphatic heterocycles. The first-order chi connectivity index (χ1) is 11.1. The lowest BCUT2D eigenvalue weighted by Gasteiger charge is -2.44. The molecule has 2 unspecified atom stereocenters. The molecule has 2 heterocycles. The highest BCUT2D eigenvalue weighted by atomic mass is 16.6. The summed E-state index contributed by atoms with van der Waals surface area (Å²) in [6.45, 7) is 12.8. The fourth-order valence-corrected chi connectivity index (χ4v) is 2.99. The molecule has 0 aliphatic carbocycles. The summed E-state index contributed by atoms with van der Waals surface area (Å²) in [6, 6.07) is 5.96. The van der Waals surface area contributed by atoms with Crippen LogP contribution in [0.5, 0.6) is 0 Å². The van der Waals surface area contributed by atoms with Gasteiger partial charge in [0.15, 0.2) is 0 Å². The van der Waals surface area contributed by atoms with Gasteiger partial charge in [-0.15, -0.1) is 0 Å². The number of carbonyl (C=O) groups is 1. The fourth-order valence-electron chi connectivity index (χ4n) is 2.99. The van der Waals surface area contributed by atoms with E-state index in [0.717, 1.165) is 11.4 Å². The van der Waals surface area contributed by atoms with E-state index < -0.39 is 5.60 Å². The molecule has 1 amide bonds. The molecule has 0 radical (unpaired) electrons. The van der Waals surface area contributed by atoms with Crippen LogP contribution >= 0.6 is 0 Å². The van der Waals surface area contributed by atoms with Crippen molar-refractivity contribution in [2.45, 2.75) is 59.2 Å². The molecule has 0 N–H and O–H groups in total. The van der Waals surface area contributed by atoms with Gasteiger partial charge in [0, 0.05) is 13.1 Å². The third-order valence-corrected chi connectivity index (χ3v) is 4.04. The molecule has 1 aromatic heterocycles. The maximum atomic E-state index is 12.4. The Morgan fingerprint density at radius 1 is 1.29 bits per heavy atom. The average Bonchev–Trinajstić information content (AvgIpc) is 2.45. The number of piperazine rings is 1. The molecule has 2 rings (SSSR count). The Morgan fingerprint density at radius 2 is 1.88 bits per heavy atom. The number of pyridine rings is 1. The minimum absolute atomic E-state index is 0.00256. The number of amides is 1. The Kier molecular flexibility index (Phi) is 5.02. The normalized spacial score (nSPS) is 21.4. The van der Waals surface area contributed by atoms with Gasteiger partial charge >= 0.3 is 6.09 Å². The molecule has 1 saturated heterocycles. The number of hydrogen-bond acceptors (Lipinski definition) is 5. The highest BCUT2D eigenvalue weighted by Crippen LogP contribution is 2.24. The lowest BCUT2D eigenvalue weighted by molar-refractivity contribution is 0.00560. The number of hydrogen-bond donors (Lipinski definition) is 0. The average molecular weight is 330 g/mol. The molecule has 0 spiro atoms. The van der Waals surface area contributed by atoms with Gasteiger partial charge in [-0.1, -0.05) is 6.07 Å². The first kappa shape index (κ1) is 18.1. The molecule has 1 aliphatic rings. The Morgan fingerprint density at radius 3 is 2.38 bits per heavy atom. The first-order valence-corrected chi connectivity index (χ1v) is 8.26. The first-order valence-electron chi connectivity index (χ1n) is 8.26. The summed E-state index contributed by atoms with van der Waals surface area (Å²) in [4.78, 5) is 20.8. The Hall–Kier alpha value is -2.29. The van der Waals surface area contributed by atoms with E-state index in [4.69, 9.17) is 10.00 Å². The van der Waals surface area contributed by atoms with Crippen molar-refractivity contribution in [3.05, 3.63) is 23.4 Å². The van der Waals surface area contributed by atoms with Crippen molar-refractivity contribution in [2.75, 3.05) is 18.0 Å². The van der Waals surface area contributed by atoms with Gasteiger partial charge in [-0.05, 0) is 53.2 Å². The lowest BCUT2D eigenvalue weighted by atomic mass is 10.1. The smallest absolute Gasteiger partial charge is 0.410 e. The number of nitrogens with zero attached hydrogens (tertiary/aromatic N) is 4. The standard InChI is InChI=1S/C18H26N4O2/c1-12-7-8-16(20-15(12)9-19)21-10-13(2)22(14(3)11-21)17(23)24-18(4,5)6/h7-8,13-14H,10-11H2,1-6H3. The van der Waals surface area contributed by atoms with Gasteiger partial charge < -0.3 is 9.64 Å². The van der Waals surface area contributed by atoms with Gasteiger partial charge in [0.25, 0.3) is 0 Å². The van der Waals surface area contributed by atoms with Crippen LogP contribution in [0.15, 0.2) is 12.1 Å². The summed E-state index contributed by atoms with van der Waals surface area (Å²) in [5, 5.41) is 9.17. The van der Waals surface area contributed by atoms with E-state index in [-0.39, 0.29) is 18.2 Å². The van der Waals surface area contributed by atoms with Crippen molar-refractivity contribution in [1.29, 1.82) is 5.26 Å². The van der Waals surface area contributed by atoms with Gasteiger partial charge in [0.1, 0.15) is 23.2 Å². The van der Waals surface area contributed by atoms with E-state index in [1.165, 1.54) is 0 Å². The quantitative estimate of drug-likeness (QED) is 0.791. The van der Waals surface area contributed by atoms with Crippen molar-refractivity contribution < 1.29 is 9.53 Å². The van der Waals surface area contributed by atoms with Gasteiger partial charge in [0.05, 0.1) is 12.1 Å². The molecule has 1 fully saturated rings. The van der Waals surface area contributed by atoms with Crippen LogP contribution in [0.1, 0.15) is 45.9 Å². The predicted molar refractivity (Wildman–Crippen MR) is 92.9 cm³/mol. The van der Waals surface area contributed by atoms with Crippen molar-refractivity contribution in [1.82, 2.24) is 9.88 Å². The summed E-state index contributed by atoms with van der Waals surface area (Å²) in [5.74, 6) is 0.777. The Balaban J connectivity index is 2.16. The number of anilines is 1. The Labute approximate surface area is 144 Å². The van der Waals surface area contributed by atoms with Crippen LogP contribution in [0.25, 0.3) is 0 Å². The van der Waals surface area contributed by atoms with Crippen LogP contribution in [0, 0.1) is 18.3 Å². The number of aromatic nitrogens is 1. The molecule has 2 atom stereocenters. The summed E-state index contributed by atoms with van der Waals surface area (Å²) < 4.78 is 5.52. The number of ether oxygens (including phenoxy) is 1. The molecular formula is C18H26N4O2. The number of rotatable bonds is 1. The number of aryl methyl sites for hydroxylation is 1. The van der Waals surface area contributed by atoms with Crippen LogP contribution in [0.2, 0.25) is 0 Å². The highest BCUT2D eigenvalue weighted by Gasteiger charge is 2.36. The molecule has 0 saturated carbocycles. The van der Waals surface area contributed by atoms with E-state index in [9.17, 15) is 4.79 Å². The van der Waals surface area contributed by atoms with Crippen LogP contribution in [0.3, 0.4) is 0 Å². The van der Waals surface area contributed by atoms with Crippen LogP contribution < -0.4 is 4.90 Å².